The maximum atomic E-state index is 13.3. The highest BCUT2D eigenvalue weighted by molar-refractivity contribution is 6.05. The summed E-state index contributed by atoms with van der Waals surface area (Å²) in [7, 11) is 1.98. The molecule has 1 aliphatic carbocycles. The van der Waals surface area contributed by atoms with Crippen LogP contribution in [0.15, 0.2) is 54.6 Å². The molecule has 3 aromatic rings. The molecule has 1 unspecified atom stereocenters. The minimum atomic E-state index is -0.0578. The standard InChI is InChI=1S/C23H23N3O/c1-25-21-10-6-5-9-19(21)20-12-11-18(23(27)22(20)25)16-26(14-13-24)15-17-7-3-2-4-8-17/h2-10,18H,11-12,14-16H2,1H3. The Hall–Kier alpha value is -2.90. The second-order valence-electron chi connectivity index (χ2n) is 7.32. The van der Waals surface area contributed by atoms with E-state index in [1.807, 2.05) is 41.9 Å². The molecule has 1 atom stereocenters. The molecule has 0 spiro atoms. The average molecular weight is 357 g/mol. The van der Waals surface area contributed by atoms with Gasteiger partial charge in [-0.1, -0.05) is 48.5 Å². The summed E-state index contributed by atoms with van der Waals surface area (Å²) in [6.45, 7) is 1.66. The zero-order valence-corrected chi connectivity index (χ0v) is 15.6. The number of hydrogen-bond acceptors (Lipinski definition) is 3. The molecular weight excluding hydrogens is 334 g/mol. The smallest absolute Gasteiger partial charge is 0.183 e. The molecule has 4 rings (SSSR count). The van der Waals surface area contributed by atoms with E-state index in [0.717, 1.165) is 24.1 Å². The van der Waals surface area contributed by atoms with Gasteiger partial charge in [0, 0.05) is 37.0 Å². The lowest BCUT2D eigenvalue weighted by atomic mass is 9.85. The predicted octanol–water partition coefficient (Wildman–Crippen LogP) is 3.95. The number of nitriles is 1. The number of Topliss-reactive ketones (excluding diaryl/α,β-unsaturated/α-hetero) is 1. The summed E-state index contributed by atoms with van der Waals surface area (Å²) in [6.07, 6.45) is 1.76. The second-order valence-corrected chi connectivity index (χ2v) is 7.32. The summed E-state index contributed by atoms with van der Waals surface area (Å²) in [6, 6.07) is 20.6. The molecule has 4 nitrogen and oxygen atoms in total. The summed E-state index contributed by atoms with van der Waals surface area (Å²) < 4.78 is 2.05. The van der Waals surface area contributed by atoms with Crippen LogP contribution >= 0.6 is 0 Å². The highest BCUT2D eigenvalue weighted by Crippen LogP contribution is 2.34. The number of rotatable bonds is 5. The molecule has 2 aromatic carbocycles. The predicted molar refractivity (Wildman–Crippen MR) is 106 cm³/mol. The van der Waals surface area contributed by atoms with Crippen LogP contribution in [0.5, 0.6) is 0 Å². The van der Waals surface area contributed by atoms with Gasteiger partial charge in [-0.3, -0.25) is 9.69 Å². The van der Waals surface area contributed by atoms with Crippen molar-refractivity contribution in [1.29, 1.82) is 5.26 Å². The van der Waals surface area contributed by atoms with Crippen molar-refractivity contribution in [3.63, 3.8) is 0 Å². The number of aryl methyl sites for hydroxylation is 2. The molecule has 0 bridgehead atoms. The molecule has 0 fully saturated rings. The molecular formula is C23H23N3O. The lowest BCUT2D eigenvalue weighted by molar-refractivity contribution is 0.0852. The van der Waals surface area contributed by atoms with Gasteiger partial charge in [0.15, 0.2) is 5.78 Å². The topological polar surface area (TPSA) is 49.0 Å². The third kappa shape index (κ3) is 3.27. The fourth-order valence-corrected chi connectivity index (χ4v) is 4.29. The average Bonchev–Trinajstić information content (AvgIpc) is 2.98. The molecule has 0 saturated heterocycles. The van der Waals surface area contributed by atoms with Gasteiger partial charge in [0.2, 0.25) is 0 Å². The van der Waals surface area contributed by atoms with E-state index in [9.17, 15) is 10.1 Å². The Morgan fingerprint density at radius 2 is 1.89 bits per heavy atom. The fourth-order valence-electron chi connectivity index (χ4n) is 4.29. The molecule has 1 aliphatic rings. The quantitative estimate of drug-likeness (QED) is 0.650. The largest absolute Gasteiger partial charge is 0.341 e. The van der Waals surface area contributed by atoms with E-state index in [2.05, 4.69) is 35.2 Å². The molecule has 136 valence electrons. The van der Waals surface area contributed by atoms with Gasteiger partial charge in [-0.25, -0.2) is 0 Å². The highest BCUT2D eigenvalue weighted by atomic mass is 16.1. The van der Waals surface area contributed by atoms with Crippen molar-refractivity contribution in [2.24, 2.45) is 13.0 Å². The van der Waals surface area contributed by atoms with Gasteiger partial charge in [0.05, 0.1) is 18.3 Å². The van der Waals surface area contributed by atoms with E-state index >= 15 is 0 Å². The van der Waals surface area contributed by atoms with Gasteiger partial charge >= 0.3 is 0 Å². The van der Waals surface area contributed by atoms with Gasteiger partial charge < -0.3 is 4.57 Å². The number of nitrogens with zero attached hydrogens (tertiary/aromatic N) is 3. The fraction of sp³-hybridized carbons (Fsp3) is 0.304. The number of fused-ring (bicyclic) bond motifs is 3. The van der Waals surface area contributed by atoms with E-state index in [1.165, 1.54) is 16.5 Å². The Morgan fingerprint density at radius 1 is 1.15 bits per heavy atom. The number of hydrogen-bond donors (Lipinski definition) is 0. The van der Waals surface area contributed by atoms with Crippen LogP contribution in [-0.4, -0.2) is 28.3 Å². The molecule has 4 heteroatoms. The second kappa shape index (κ2) is 7.38. The molecule has 0 saturated carbocycles. The zero-order chi connectivity index (χ0) is 18.8. The Balaban J connectivity index is 1.58. The first-order valence-corrected chi connectivity index (χ1v) is 9.42. The van der Waals surface area contributed by atoms with Crippen LogP contribution in [0.2, 0.25) is 0 Å². The summed E-state index contributed by atoms with van der Waals surface area (Å²) >= 11 is 0. The third-order valence-corrected chi connectivity index (χ3v) is 5.58. The van der Waals surface area contributed by atoms with E-state index < -0.39 is 0 Å². The first-order chi connectivity index (χ1) is 13.2. The van der Waals surface area contributed by atoms with Gasteiger partial charge in [-0.05, 0) is 30.0 Å². The number of carbonyl (C=O) groups is 1. The summed E-state index contributed by atoms with van der Waals surface area (Å²) in [5, 5.41) is 10.4. The van der Waals surface area contributed by atoms with Crippen LogP contribution in [0.1, 0.15) is 28.0 Å². The van der Waals surface area contributed by atoms with Crippen LogP contribution in [-0.2, 0) is 20.0 Å². The van der Waals surface area contributed by atoms with Crippen LogP contribution in [0.3, 0.4) is 0 Å². The van der Waals surface area contributed by atoms with Crippen molar-refractivity contribution in [3.05, 3.63) is 71.4 Å². The van der Waals surface area contributed by atoms with Gasteiger partial charge in [0.25, 0.3) is 0 Å². The van der Waals surface area contributed by atoms with Crippen molar-refractivity contribution in [2.75, 3.05) is 13.1 Å². The maximum Gasteiger partial charge on any atom is 0.183 e. The third-order valence-electron chi connectivity index (χ3n) is 5.58. The minimum Gasteiger partial charge on any atom is -0.341 e. The van der Waals surface area contributed by atoms with Crippen LogP contribution in [0.25, 0.3) is 10.9 Å². The summed E-state index contributed by atoms with van der Waals surface area (Å²) in [5.74, 6) is 0.156. The molecule has 0 radical (unpaired) electrons. The van der Waals surface area contributed by atoms with E-state index in [4.69, 9.17) is 0 Å². The van der Waals surface area contributed by atoms with Crippen LogP contribution in [0, 0.1) is 17.2 Å². The highest BCUT2D eigenvalue weighted by Gasteiger charge is 2.33. The monoisotopic (exact) mass is 357 g/mol. The normalized spacial score (nSPS) is 16.5. The van der Waals surface area contributed by atoms with E-state index in [1.54, 1.807) is 0 Å². The number of para-hydroxylation sites is 1. The van der Waals surface area contributed by atoms with Gasteiger partial charge in [-0.2, -0.15) is 5.26 Å². The van der Waals surface area contributed by atoms with Gasteiger partial charge in [0.1, 0.15) is 0 Å². The Morgan fingerprint density at radius 3 is 2.67 bits per heavy atom. The lowest BCUT2D eigenvalue weighted by Crippen LogP contribution is -2.36. The molecule has 0 N–H and O–H groups in total. The van der Waals surface area contributed by atoms with Gasteiger partial charge in [-0.15, -0.1) is 0 Å². The molecule has 1 aromatic heterocycles. The van der Waals surface area contributed by atoms with Crippen LogP contribution < -0.4 is 0 Å². The molecule has 0 aliphatic heterocycles. The first-order valence-electron chi connectivity index (χ1n) is 9.42. The Labute approximate surface area is 159 Å². The van der Waals surface area contributed by atoms with Crippen molar-refractivity contribution >= 4 is 16.7 Å². The molecule has 1 heterocycles. The SMILES string of the molecule is Cn1c2c(c3ccccc31)CCC(CN(CC#N)Cc1ccccc1)C2=O. The van der Waals surface area contributed by atoms with E-state index in [0.29, 0.717) is 19.6 Å². The number of ketones is 1. The van der Waals surface area contributed by atoms with Crippen molar-refractivity contribution in [1.82, 2.24) is 9.47 Å². The number of aromatic nitrogens is 1. The van der Waals surface area contributed by atoms with Crippen LogP contribution in [0.4, 0.5) is 0 Å². The number of carbonyl (C=O) groups excluding carboxylic acids is 1. The summed E-state index contributed by atoms with van der Waals surface area (Å²) in [5.41, 5.74) is 4.32. The maximum absolute atomic E-state index is 13.3. The van der Waals surface area contributed by atoms with Crippen molar-refractivity contribution < 1.29 is 4.79 Å². The lowest BCUT2D eigenvalue weighted by Gasteiger charge is -2.28. The first kappa shape index (κ1) is 17.5. The van der Waals surface area contributed by atoms with Crippen molar-refractivity contribution in [2.45, 2.75) is 19.4 Å². The molecule has 27 heavy (non-hydrogen) atoms. The number of benzene rings is 2. The Bertz CT molecular complexity index is 1010. The Kier molecular flexibility index (Phi) is 4.79. The van der Waals surface area contributed by atoms with E-state index in [-0.39, 0.29) is 11.7 Å². The van der Waals surface area contributed by atoms with Crippen molar-refractivity contribution in [3.8, 4) is 6.07 Å². The summed E-state index contributed by atoms with van der Waals surface area (Å²) in [4.78, 5) is 15.4. The molecule has 0 amide bonds. The zero-order valence-electron chi connectivity index (χ0n) is 15.6. The minimum absolute atomic E-state index is 0.0578.